The highest BCUT2D eigenvalue weighted by Crippen LogP contribution is 2.32. The van der Waals surface area contributed by atoms with Crippen molar-refractivity contribution < 1.29 is 23.9 Å². The molecule has 2 aromatic rings. The van der Waals surface area contributed by atoms with Crippen LogP contribution in [-0.4, -0.2) is 31.4 Å². The third kappa shape index (κ3) is 5.47. The summed E-state index contributed by atoms with van der Waals surface area (Å²) < 4.78 is 10.0. The monoisotopic (exact) mass is 395 g/mol. The van der Waals surface area contributed by atoms with E-state index < -0.39 is 18.5 Å². The van der Waals surface area contributed by atoms with Gasteiger partial charge in [-0.1, -0.05) is 29.3 Å². The van der Waals surface area contributed by atoms with E-state index in [4.69, 9.17) is 32.7 Å². The molecule has 136 valence electrons. The van der Waals surface area contributed by atoms with Crippen molar-refractivity contribution >= 4 is 47.1 Å². The van der Waals surface area contributed by atoms with Gasteiger partial charge in [0.2, 0.25) is 0 Å². The van der Waals surface area contributed by atoms with Gasteiger partial charge in [-0.05, 0) is 42.8 Å². The second-order valence-corrected chi connectivity index (χ2v) is 6.02. The van der Waals surface area contributed by atoms with E-state index >= 15 is 0 Å². The molecule has 0 aromatic heterocycles. The molecule has 2 rings (SSSR count). The van der Waals surface area contributed by atoms with Crippen molar-refractivity contribution in [2.45, 2.75) is 6.92 Å². The first-order chi connectivity index (χ1) is 12.4. The maximum Gasteiger partial charge on any atom is 0.344 e. The maximum atomic E-state index is 11.9. The first-order valence-corrected chi connectivity index (χ1v) is 8.24. The smallest absolute Gasteiger partial charge is 0.344 e. The van der Waals surface area contributed by atoms with E-state index in [9.17, 15) is 14.4 Å². The minimum Gasteiger partial charge on any atom is -0.482 e. The van der Waals surface area contributed by atoms with Crippen LogP contribution in [0.2, 0.25) is 10.0 Å². The van der Waals surface area contributed by atoms with Crippen LogP contribution in [0.3, 0.4) is 0 Å². The maximum absolute atomic E-state index is 11.9. The Hall–Kier alpha value is -2.57. The summed E-state index contributed by atoms with van der Waals surface area (Å²) in [7, 11) is 0. The lowest BCUT2D eigenvalue weighted by Gasteiger charge is -2.11. The zero-order valence-electron chi connectivity index (χ0n) is 13.8. The molecule has 8 heteroatoms. The molecule has 0 unspecified atom stereocenters. The number of carbonyl (C=O) groups is 3. The highest BCUT2D eigenvalue weighted by molar-refractivity contribution is 6.40. The lowest BCUT2D eigenvalue weighted by atomic mass is 10.2. The summed E-state index contributed by atoms with van der Waals surface area (Å²) in [4.78, 5) is 34.1. The number of carbonyl (C=O) groups excluding carboxylic acids is 3. The van der Waals surface area contributed by atoms with E-state index in [2.05, 4.69) is 5.32 Å². The van der Waals surface area contributed by atoms with Crippen LogP contribution < -0.4 is 10.1 Å². The Labute approximate surface area is 160 Å². The molecular weight excluding hydrogens is 381 g/mol. The number of anilines is 1. The summed E-state index contributed by atoms with van der Waals surface area (Å²) in [6, 6.07) is 9.53. The van der Waals surface area contributed by atoms with E-state index in [1.165, 1.54) is 0 Å². The van der Waals surface area contributed by atoms with Crippen LogP contribution in [0, 0.1) is 6.92 Å². The molecule has 6 nitrogen and oxygen atoms in total. The topological polar surface area (TPSA) is 81.7 Å². The molecule has 0 aliphatic heterocycles. The summed E-state index contributed by atoms with van der Waals surface area (Å²) in [5, 5.41) is 3.11. The van der Waals surface area contributed by atoms with Gasteiger partial charge in [-0.2, -0.15) is 0 Å². The number of rotatable bonds is 7. The van der Waals surface area contributed by atoms with Gasteiger partial charge >= 0.3 is 5.97 Å². The van der Waals surface area contributed by atoms with Gasteiger partial charge in [-0.3, -0.25) is 9.59 Å². The summed E-state index contributed by atoms with van der Waals surface area (Å²) in [5.74, 6) is -0.903. The van der Waals surface area contributed by atoms with Gasteiger partial charge in [0.05, 0.1) is 15.7 Å². The van der Waals surface area contributed by atoms with Gasteiger partial charge in [0.1, 0.15) is 12.0 Å². The fourth-order valence-electron chi connectivity index (χ4n) is 1.92. The number of aryl methyl sites for hydroxylation is 1. The van der Waals surface area contributed by atoms with Crippen LogP contribution >= 0.6 is 23.2 Å². The number of halogens is 2. The third-order valence-electron chi connectivity index (χ3n) is 3.29. The molecule has 0 fully saturated rings. The van der Waals surface area contributed by atoms with E-state index in [1.54, 1.807) is 43.3 Å². The molecule has 0 radical (unpaired) electrons. The van der Waals surface area contributed by atoms with Crippen LogP contribution in [-0.2, 0) is 14.3 Å². The lowest BCUT2D eigenvalue weighted by Crippen LogP contribution is -2.24. The minimum absolute atomic E-state index is 0.265. The van der Waals surface area contributed by atoms with Crippen LogP contribution in [0.4, 0.5) is 5.69 Å². The van der Waals surface area contributed by atoms with Crippen molar-refractivity contribution in [3.05, 3.63) is 57.6 Å². The van der Waals surface area contributed by atoms with E-state index in [0.29, 0.717) is 22.6 Å². The van der Waals surface area contributed by atoms with Crippen LogP contribution in [0.5, 0.6) is 5.75 Å². The number of aldehydes is 1. The molecule has 0 saturated carbocycles. The van der Waals surface area contributed by atoms with Gasteiger partial charge in [0, 0.05) is 5.56 Å². The zero-order chi connectivity index (χ0) is 19.1. The Balaban J connectivity index is 1.80. The van der Waals surface area contributed by atoms with Crippen molar-refractivity contribution in [1.82, 2.24) is 0 Å². The van der Waals surface area contributed by atoms with Gasteiger partial charge < -0.3 is 14.8 Å². The van der Waals surface area contributed by atoms with Crippen LogP contribution in [0.25, 0.3) is 0 Å². The number of ether oxygens (including phenoxy) is 2. The van der Waals surface area contributed by atoms with Crippen LogP contribution in [0.1, 0.15) is 15.9 Å². The Bertz CT molecular complexity index is 821. The first-order valence-electron chi connectivity index (χ1n) is 7.49. The molecule has 26 heavy (non-hydrogen) atoms. The molecule has 0 spiro atoms. The fourth-order valence-corrected chi connectivity index (χ4v) is 2.38. The van der Waals surface area contributed by atoms with E-state index in [1.807, 2.05) is 0 Å². The Kier molecular flexibility index (Phi) is 7.00. The second kappa shape index (κ2) is 9.22. The summed E-state index contributed by atoms with van der Waals surface area (Å²) in [6.45, 7) is 0.889. The Morgan fingerprint density at radius 2 is 1.77 bits per heavy atom. The summed E-state index contributed by atoms with van der Waals surface area (Å²) >= 11 is 12.1. The summed E-state index contributed by atoms with van der Waals surface area (Å²) in [5.41, 5.74) is 1.50. The first kappa shape index (κ1) is 19.8. The quantitative estimate of drug-likeness (QED) is 0.571. The molecular formula is C18H15Cl2NO5. The Morgan fingerprint density at radius 1 is 1.08 bits per heavy atom. The van der Waals surface area contributed by atoms with E-state index in [-0.39, 0.29) is 17.3 Å². The van der Waals surface area contributed by atoms with Gasteiger partial charge in [-0.15, -0.1) is 0 Å². The fraction of sp³-hybridized carbons (Fsp3) is 0.167. The molecule has 0 saturated heterocycles. The van der Waals surface area contributed by atoms with Gasteiger partial charge in [-0.25, -0.2) is 4.79 Å². The molecule has 0 heterocycles. The standard InChI is InChI=1S/C18H15Cl2NO5/c1-11-2-7-14(19)18(17(11)20)21-15(23)9-26-16(24)10-25-13-5-3-12(8-22)4-6-13/h2-8H,9-10H2,1H3,(H,21,23). The number of benzene rings is 2. The second-order valence-electron chi connectivity index (χ2n) is 5.24. The SMILES string of the molecule is Cc1ccc(Cl)c(NC(=O)COC(=O)COc2ccc(C=O)cc2)c1Cl. The highest BCUT2D eigenvalue weighted by Gasteiger charge is 2.14. The summed E-state index contributed by atoms with van der Waals surface area (Å²) in [6.07, 6.45) is 0.698. The average Bonchev–Trinajstić information content (AvgIpc) is 2.65. The predicted molar refractivity (Wildman–Crippen MR) is 98.1 cm³/mol. The van der Waals surface area contributed by atoms with Crippen LogP contribution in [0.15, 0.2) is 36.4 Å². The normalized spacial score (nSPS) is 10.1. The van der Waals surface area contributed by atoms with Crippen molar-refractivity contribution in [3.63, 3.8) is 0 Å². The average molecular weight is 396 g/mol. The van der Waals surface area contributed by atoms with Gasteiger partial charge in [0.25, 0.3) is 5.91 Å². The number of hydrogen-bond donors (Lipinski definition) is 1. The molecule has 0 atom stereocenters. The minimum atomic E-state index is -0.721. The molecule has 1 amide bonds. The highest BCUT2D eigenvalue weighted by atomic mass is 35.5. The Morgan fingerprint density at radius 3 is 2.42 bits per heavy atom. The number of nitrogens with one attached hydrogen (secondary N) is 1. The van der Waals surface area contributed by atoms with Crippen molar-refractivity contribution in [3.8, 4) is 5.75 Å². The largest absolute Gasteiger partial charge is 0.482 e. The molecule has 1 N–H and O–H groups in total. The van der Waals surface area contributed by atoms with E-state index in [0.717, 1.165) is 5.56 Å². The van der Waals surface area contributed by atoms with Crippen molar-refractivity contribution in [1.29, 1.82) is 0 Å². The molecule has 2 aromatic carbocycles. The molecule has 0 bridgehead atoms. The number of amides is 1. The molecule has 0 aliphatic rings. The van der Waals surface area contributed by atoms with Crippen molar-refractivity contribution in [2.24, 2.45) is 0 Å². The lowest BCUT2D eigenvalue weighted by molar-refractivity contribution is -0.149. The predicted octanol–water partition coefficient (Wildman–Crippen LogP) is 3.68. The molecule has 0 aliphatic carbocycles. The number of esters is 1. The zero-order valence-corrected chi connectivity index (χ0v) is 15.3. The van der Waals surface area contributed by atoms with Gasteiger partial charge in [0.15, 0.2) is 13.2 Å². The third-order valence-corrected chi connectivity index (χ3v) is 4.09. The number of hydrogen-bond acceptors (Lipinski definition) is 5. The van der Waals surface area contributed by atoms with Crippen molar-refractivity contribution in [2.75, 3.05) is 18.5 Å².